The first-order valence-electron chi connectivity index (χ1n) is 9.72. The zero-order valence-corrected chi connectivity index (χ0v) is 17.6. The molecule has 2 atom stereocenters. The summed E-state index contributed by atoms with van der Waals surface area (Å²) in [7, 11) is 0. The number of rotatable bonds is 5. The van der Waals surface area contributed by atoms with Gasteiger partial charge in [-0.25, -0.2) is 4.98 Å². The van der Waals surface area contributed by atoms with Crippen LogP contribution in [0.25, 0.3) is 10.9 Å². The van der Waals surface area contributed by atoms with E-state index in [1.165, 1.54) is 0 Å². The highest BCUT2D eigenvalue weighted by Crippen LogP contribution is 2.27. The van der Waals surface area contributed by atoms with Crippen LogP contribution in [0.4, 0.5) is 0 Å². The maximum Gasteiger partial charge on any atom is 0.261 e. The fraction of sp³-hybridized carbons (Fsp3) is 0.600. The third-order valence-electron chi connectivity index (χ3n) is 5.30. The molecular formula is C20H29BrN4O. The van der Waals surface area contributed by atoms with Gasteiger partial charge in [0.05, 0.1) is 16.9 Å². The van der Waals surface area contributed by atoms with E-state index in [9.17, 15) is 4.79 Å². The van der Waals surface area contributed by atoms with Crippen molar-refractivity contribution in [3.63, 3.8) is 0 Å². The van der Waals surface area contributed by atoms with Crippen molar-refractivity contribution in [3.8, 4) is 0 Å². The van der Waals surface area contributed by atoms with Gasteiger partial charge in [0.15, 0.2) is 0 Å². The lowest BCUT2D eigenvalue weighted by Crippen LogP contribution is -2.37. The lowest BCUT2D eigenvalue weighted by atomic mass is 10.1. The molecule has 1 aliphatic rings. The Morgan fingerprint density at radius 1 is 1.35 bits per heavy atom. The minimum absolute atomic E-state index is 0.0659. The molecule has 6 heteroatoms. The molecule has 0 spiro atoms. The van der Waals surface area contributed by atoms with Crippen molar-refractivity contribution < 1.29 is 0 Å². The summed E-state index contributed by atoms with van der Waals surface area (Å²) in [6.45, 7) is 10.1. The molecule has 1 aromatic heterocycles. The van der Waals surface area contributed by atoms with Crippen LogP contribution < -0.4 is 10.9 Å². The Bertz CT molecular complexity index is 819. The molecular weight excluding hydrogens is 392 g/mol. The quantitative estimate of drug-likeness (QED) is 0.800. The Morgan fingerprint density at radius 2 is 2.15 bits per heavy atom. The van der Waals surface area contributed by atoms with E-state index in [4.69, 9.17) is 4.98 Å². The molecule has 0 amide bonds. The highest BCUT2D eigenvalue weighted by molar-refractivity contribution is 9.10. The Hall–Kier alpha value is -1.24. The molecule has 142 valence electrons. The molecule has 0 radical (unpaired) electrons. The minimum Gasteiger partial charge on any atom is -0.313 e. The van der Waals surface area contributed by atoms with Gasteiger partial charge in [0.1, 0.15) is 5.82 Å². The predicted octanol–water partition coefficient (Wildman–Crippen LogP) is 3.70. The van der Waals surface area contributed by atoms with E-state index >= 15 is 0 Å². The summed E-state index contributed by atoms with van der Waals surface area (Å²) in [4.78, 5) is 20.6. The van der Waals surface area contributed by atoms with Crippen LogP contribution in [0.2, 0.25) is 0 Å². The molecule has 2 aromatic rings. The van der Waals surface area contributed by atoms with Gasteiger partial charge in [0.2, 0.25) is 0 Å². The highest BCUT2D eigenvalue weighted by Gasteiger charge is 2.26. The average molecular weight is 421 g/mol. The van der Waals surface area contributed by atoms with Gasteiger partial charge in [0.25, 0.3) is 5.56 Å². The van der Waals surface area contributed by atoms with Crippen LogP contribution in [0.5, 0.6) is 0 Å². The third kappa shape index (κ3) is 4.02. The lowest BCUT2D eigenvalue weighted by Gasteiger charge is -2.31. The largest absolute Gasteiger partial charge is 0.313 e. The summed E-state index contributed by atoms with van der Waals surface area (Å²) in [5, 5.41) is 4.25. The van der Waals surface area contributed by atoms with Crippen molar-refractivity contribution in [2.75, 3.05) is 19.6 Å². The van der Waals surface area contributed by atoms with Crippen molar-refractivity contribution in [1.29, 1.82) is 0 Å². The first-order chi connectivity index (χ1) is 12.5. The van der Waals surface area contributed by atoms with Gasteiger partial charge >= 0.3 is 0 Å². The first kappa shape index (κ1) is 19.5. The van der Waals surface area contributed by atoms with Crippen LogP contribution in [0.15, 0.2) is 27.5 Å². The zero-order valence-electron chi connectivity index (χ0n) is 16.0. The van der Waals surface area contributed by atoms with Gasteiger partial charge < -0.3 is 5.32 Å². The van der Waals surface area contributed by atoms with E-state index < -0.39 is 0 Å². The summed E-state index contributed by atoms with van der Waals surface area (Å²) in [6.07, 6.45) is 3.21. The molecule has 0 aliphatic carbocycles. The van der Waals surface area contributed by atoms with E-state index in [-0.39, 0.29) is 11.6 Å². The van der Waals surface area contributed by atoms with Gasteiger partial charge in [-0.3, -0.25) is 14.3 Å². The molecule has 3 rings (SSSR count). The van der Waals surface area contributed by atoms with Crippen LogP contribution in [-0.4, -0.2) is 40.1 Å². The fourth-order valence-corrected chi connectivity index (χ4v) is 4.22. The molecule has 1 saturated heterocycles. The second kappa shape index (κ2) is 8.63. The van der Waals surface area contributed by atoms with Gasteiger partial charge in [0, 0.05) is 36.7 Å². The second-order valence-corrected chi connectivity index (χ2v) is 8.08. The van der Waals surface area contributed by atoms with Crippen molar-refractivity contribution in [2.45, 2.75) is 58.7 Å². The average Bonchev–Trinajstić information content (AvgIpc) is 2.85. The molecule has 1 aliphatic heterocycles. The molecule has 0 saturated carbocycles. The van der Waals surface area contributed by atoms with Gasteiger partial charge in [-0.15, -0.1) is 0 Å². The predicted molar refractivity (Wildman–Crippen MR) is 111 cm³/mol. The molecule has 1 N–H and O–H groups in total. The van der Waals surface area contributed by atoms with Crippen LogP contribution in [0, 0.1) is 0 Å². The maximum atomic E-state index is 13.1. The van der Waals surface area contributed by atoms with E-state index in [2.05, 4.69) is 40.0 Å². The number of benzene rings is 1. The molecule has 0 bridgehead atoms. The topological polar surface area (TPSA) is 50.2 Å². The standard InChI is InChI=1S/C20H29BrN4O/c1-4-6-18(24-11-9-14(3)22-10-12-24)19-23-17-8-7-15(21)13-16(17)20(26)25(19)5-2/h7-8,13-14,18,22H,4-6,9-12H2,1-3H3/t14-,18-/m0/s1. The fourth-order valence-electron chi connectivity index (χ4n) is 3.86. The molecule has 1 aromatic carbocycles. The number of nitrogens with zero attached hydrogens (tertiary/aromatic N) is 3. The normalized spacial score (nSPS) is 20.2. The van der Waals surface area contributed by atoms with Crippen LogP contribution >= 0.6 is 15.9 Å². The van der Waals surface area contributed by atoms with Crippen LogP contribution in [0.1, 0.15) is 51.9 Å². The van der Waals surface area contributed by atoms with Gasteiger partial charge in [-0.1, -0.05) is 29.3 Å². The first-order valence-corrected chi connectivity index (χ1v) is 10.5. The monoisotopic (exact) mass is 420 g/mol. The minimum atomic E-state index is 0.0659. The van der Waals surface area contributed by atoms with Gasteiger partial charge in [-0.05, 0) is 44.9 Å². The van der Waals surface area contributed by atoms with Gasteiger partial charge in [-0.2, -0.15) is 0 Å². The number of aromatic nitrogens is 2. The highest BCUT2D eigenvalue weighted by atomic mass is 79.9. The summed E-state index contributed by atoms with van der Waals surface area (Å²) < 4.78 is 2.79. The number of nitrogens with one attached hydrogen (secondary N) is 1. The van der Waals surface area contributed by atoms with Crippen molar-refractivity contribution in [2.24, 2.45) is 0 Å². The Balaban J connectivity index is 2.09. The lowest BCUT2D eigenvalue weighted by molar-refractivity contribution is 0.184. The van der Waals surface area contributed by atoms with E-state index in [1.54, 1.807) is 0 Å². The third-order valence-corrected chi connectivity index (χ3v) is 5.80. The number of halogens is 1. The molecule has 0 unspecified atom stereocenters. The summed E-state index contributed by atoms with van der Waals surface area (Å²) >= 11 is 3.47. The number of hydrogen-bond donors (Lipinski definition) is 1. The van der Waals surface area contributed by atoms with Crippen molar-refractivity contribution in [1.82, 2.24) is 19.8 Å². The Morgan fingerprint density at radius 3 is 2.88 bits per heavy atom. The van der Waals surface area contributed by atoms with E-state index in [0.29, 0.717) is 18.0 Å². The van der Waals surface area contributed by atoms with Crippen molar-refractivity contribution in [3.05, 3.63) is 38.9 Å². The zero-order chi connectivity index (χ0) is 18.7. The molecule has 26 heavy (non-hydrogen) atoms. The Kier molecular flexibility index (Phi) is 6.48. The van der Waals surface area contributed by atoms with E-state index in [0.717, 1.165) is 54.7 Å². The van der Waals surface area contributed by atoms with Crippen LogP contribution in [0.3, 0.4) is 0 Å². The molecule has 2 heterocycles. The Labute approximate surface area is 163 Å². The maximum absolute atomic E-state index is 13.1. The number of hydrogen-bond acceptors (Lipinski definition) is 4. The summed E-state index contributed by atoms with van der Waals surface area (Å²) in [5.74, 6) is 0.920. The van der Waals surface area contributed by atoms with E-state index in [1.807, 2.05) is 29.7 Å². The smallest absolute Gasteiger partial charge is 0.261 e. The van der Waals surface area contributed by atoms with Crippen LogP contribution in [-0.2, 0) is 6.54 Å². The summed E-state index contributed by atoms with van der Waals surface area (Å²) in [6, 6.07) is 6.51. The summed E-state index contributed by atoms with van der Waals surface area (Å²) in [5.41, 5.74) is 0.858. The van der Waals surface area contributed by atoms with Crippen molar-refractivity contribution >= 4 is 26.8 Å². The second-order valence-electron chi connectivity index (χ2n) is 7.17. The molecule has 5 nitrogen and oxygen atoms in total. The SMILES string of the molecule is CCC[C@@H](c1nc2ccc(Br)cc2c(=O)n1CC)N1CCN[C@@H](C)CC1. The number of fused-ring (bicyclic) bond motifs is 1. The molecule has 1 fully saturated rings.